The summed E-state index contributed by atoms with van der Waals surface area (Å²) in [5.41, 5.74) is 2.05. The highest BCUT2D eigenvalue weighted by molar-refractivity contribution is 7.97. The maximum absolute atomic E-state index is 13.4. The van der Waals surface area contributed by atoms with Crippen molar-refractivity contribution in [3.8, 4) is 5.75 Å². The van der Waals surface area contributed by atoms with Crippen LogP contribution in [0.25, 0.3) is 0 Å². The van der Waals surface area contributed by atoms with Crippen LogP contribution in [0.4, 0.5) is 8.78 Å². The topological polar surface area (TPSA) is 60.4 Å². The summed E-state index contributed by atoms with van der Waals surface area (Å²) >= 11 is -3.27. The molecule has 1 aliphatic heterocycles. The third kappa shape index (κ3) is 4.40. The Morgan fingerprint density at radius 3 is 2.24 bits per heavy atom. The molecule has 1 aromatic rings. The number of hydrogen-bond donors (Lipinski definition) is 1. The zero-order valence-electron chi connectivity index (χ0n) is 19.6. The van der Waals surface area contributed by atoms with Gasteiger partial charge in [-0.3, -0.25) is 4.21 Å². The molecule has 0 aromatic heterocycles. The largest absolute Gasteiger partial charge is 0.768 e. The number of alkyl halides is 2. The van der Waals surface area contributed by atoms with Crippen LogP contribution >= 0.6 is 0 Å². The van der Waals surface area contributed by atoms with E-state index < -0.39 is 22.8 Å². The van der Waals surface area contributed by atoms with Gasteiger partial charge in [-0.05, 0) is 123 Å². The first kappa shape index (κ1) is 24.1. The van der Waals surface area contributed by atoms with E-state index in [1.807, 2.05) is 13.8 Å². The molecule has 7 heteroatoms. The molecule has 3 nitrogen and oxygen atoms in total. The van der Waals surface area contributed by atoms with Crippen molar-refractivity contribution in [2.24, 2.45) is 41.4 Å². The van der Waals surface area contributed by atoms with Gasteiger partial charge in [-0.25, -0.2) is 0 Å². The minimum absolute atomic E-state index is 0.0569. The standard InChI is InChI=1S/C14H20F2O2S.C12H16OS/c15-14(16,19(17)18)6-10-4-9-5-11(10)13-8-2-1-7(3-8)12(9)13;1-9-7-11(8-10(2)12(9)13)14-5-3-4-6-14/h7-13H,1-6H2,(H,17,18);7-8H,3-6H2,1-2H3. The summed E-state index contributed by atoms with van der Waals surface area (Å²) in [6.07, 6.45) is 8.20. The van der Waals surface area contributed by atoms with Crippen LogP contribution in [0.1, 0.15) is 62.5 Å². The van der Waals surface area contributed by atoms with Crippen molar-refractivity contribution in [3.63, 3.8) is 0 Å². The number of rotatable bonds is 4. The molecule has 1 heterocycles. The van der Waals surface area contributed by atoms with Crippen molar-refractivity contribution in [2.45, 2.75) is 75.4 Å². The van der Waals surface area contributed by atoms with Gasteiger partial charge in [-0.1, -0.05) is 0 Å². The van der Waals surface area contributed by atoms with Crippen LogP contribution < -0.4 is 0 Å². The lowest BCUT2D eigenvalue weighted by atomic mass is 9.67. The van der Waals surface area contributed by atoms with Crippen LogP contribution in [-0.4, -0.2) is 30.6 Å². The summed E-state index contributed by atoms with van der Waals surface area (Å²) in [4.78, 5) is 1.45. The van der Waals surface area contributed by atoms with E-state index in [9.17, 15) is 22.6 Å². The van der Waals surface area contributed by atoms with Gasteiger partial charge in [0.2, 0.25) is 0 Å². The van der Waals surface area contributed by atoms with Crippen LogP contribution in [0.3, 0.4) is 0 Å². The van der Waals surface area contributed by atoms with E-state index in [0.717, 1.165) is 41.7 Å². The van der Waals surface area contributed by atoms with E-state index in [4.69, 9.17) is 0 Å². The first-order chi connectivity index (χ1) is 15.7. The highest BCUT2D eigenvalue weighted by Crippen LogP contribution is 2.69. The predicted octanol–water partition coefficient (Wildman–Crippen LogP) is 5.95. The van der Waals surface area contributed by atoms with E-state index >= 15 is 0 Å². The lowest BCUT2D eigenvalue weighted by Crippen LogP contribution is -2.36. The average molecular weight is 499 g/mol. The quantitative estimate of drug-likeness (QED) is 0.317. The van der Waals surface area contributed by atoms with Gasteiger partial charge in [0.1, 0.15) is 17.3 Å². The van der Waals surface area contributed by atoms with Gasteiger partial charge >= 0.3 is 5.25 Å². The Bertz CT molecular complexity index is 894. The maximum Gasteiger partial charge on any atom is 0.309 e. The molecule has 1 aromatic carbocycles. The average Bonchev–Trinajstić information content (AvgIpc) is 3.57. The molecule has 6 rings (SSSR count). The molecule has 1 saturated heterocycles. The molecule has 0 amide bonds. The molecule has 33 heavy (non-hydrogen) atoms. The molecule has 4 saturated carbocycles. The molecular weight excluding hydrogens is 462 g/mol. The fraction of sp³-hybridized carbons (Fsp3) is 0.769. The molecule has 5 aliphatic rings. The molecule has 8 atom stereocenters. The molecule has 1 N–H and O–H groups in total. The van der Waals surface area contributed by atoms with E-state index in [1.165, 1.54) is 48.5 Å². The second-order valence-corrected chi connectivity index (χ2v) is 14.6. The third-order valence-corrected chi connectivity index (χ3v) is 12.6. The fourth-order valence-electron chi connectivity index (χ4n) is 8.28. The van der Waals surface area contributed by atoms with E-state index in [2.05, 4.69) is 12.1 Å². The number of aromatic hydroxyl groups is 1. The molecule has 4 bridgehead atoms. The van der Waals surface area contributed by atoms with Crippen LogP contribution in [-0.2, 0) is 22.0 Å². The summed E-state index contributed by atoms with van der Waals surface area (Å²) in [5.74, 6) is 7.19. The molecule has 8 unspecified atom stereocenters. The van der Waals surface area contributed by atoms with E-state index in [-0.39, 0.29) is 5.92 Å². The van der Waals surface area contributed by atoms with Crippen LogP contribution in [0.15, 0.2) is 17.0 Å². The summed E-state index contributed by atoms with van der Waals surface area (Å²) in [6, 6.07) is 4.33. The van der Waals surface area contributed by atoms with Crippen LogP contribution in [0, 0.1) is 55.3 Å². The Morgan fingerprint density at radius 1 is 1.03 bits per heavy atom. The normalized spacial score (nSPS) is 37.8. The van der Waals surface area contributed by atoms with Crippen molar-refractivity contribution >= 4 is 22.0 Å². The monoisotopic (exact) mass is 498 g/mol. The van der Waals surface area contributed by atoms with E-state index in [0.29, 0.717) is 34.4 Å². The number of phenols is 1. The van der Waals surface area contributed by atoms with Crippen molar-refractivity contribution in [3.05, 3.63) is 23.3 Å². The number of halogens is 2. The summed E-state index contributed by atoms with van der Waals surface area (Å²) in [5, 5.41) is 6.15. The van der Waals surface area contributed by atoms with Crippen molar-refractivity contribution < 1.29 is 22.6 Å². The van der Waals surface area contributed by atoms with Gasteiger partial charge in [0.25, 0.3) is 0 Å². The number of phenolic OH excluding ortho intramolecular Hbond substituents is 1. The number of hydrogen-bond acceptors (Lipinski definition) is 3. The summed E-state index contributed by atoms with van der Waals surface area (Å²) in [7, 11) is 0.469. The second kappa shape index (κ2) is 9.09. The first-order valence-corrected chi connectivity index (χ1v) is 15.2. The lowest BCUT2D eigenvalue weighted by Gasteiger charge is -2.39. The zero-order valence-corrected chi connectivity index (χ0v) is 21.2. The molecule has 184 valence electrons. The first-order valence-electron chi connectivity index (χ1n) is 12.6. The Kier molecular flexibility index (Phi) is 6.62. The van der Waals surface area contributed by atoms with Crippen molar-refractivity contribution in [1.29, 1.82) is 0 Å². The van der Waals surface area contributed by atoms with Gasteiger partial charge in [0.15, 0.2) is 4.90 Å². The SMILES string of the molecule is Cc1cc([S+]2CCCC2)cc(C)c1O.O=S([O-])C(F)(F)CC1CC2CC1C1C3CCC(C3)C21. The second-order valence-electron chi connectivity index (χ2n) is 11.2. The number of aryl methyl sites for hydroxylation is 2. The minimum Gasteiger partial charge on any atom is -0.768 e. The lowest BCUT2D eigenvalue weighted by molar-refractivity contribution is 0.0229. The number of fused-ring (bicyclic) bond motifs is 9. The van der Waals surface area contributed by atoms with Gasteiger partial charge in [-0.2, -0.15) is 8.78 Å². The van der Waals surface area contributed by atoms with Gasteiger partial charge < -0.3 is 9.66 Å². The third-order valence-electron chi connectivity index (χ3n) is 9.44. The molecule has 0 radical (unpaired) electrons. The Morgan fingerprint density at radius 2 is 1.64 bits per heavy atom. The van der Waals surface area contributed by atoms with E-state index in [1.54, 1.807) is 0 Å². The minimum atomic E-state index is -3.53. The molecule has 5 fully saturated rings. The summed E-state index contributed by atoms with van der Waals surface area (Å²) in [6.45, 7) is 3.98. The Hall–Kier alpha value is -0.660. The molecular formula is C26H36F2O3S2. The van der Waals surface area contributed by atoms with Crippen LogP contribution in [0.2, 0.25) is 0 Å². The van der Waals surface area contributed by atoms with Crippen molar-refractivity contribution in [2.75, 3.05) is 11.5 Å². The fourth-order valence-corrected chi connectivity index (χ4v) is 11.1. The smallest absolute Gasteiger partial charge is 0.309 e. The van der Waals surface area contributed by atoms with Gasteiger partial charge in [-0.15, -0.1) is 0 Å². The maximum atomic E-state index is 13.4. The Balaban J connectivity index is 0.000000146. The van der Waals surface area contributed by atoms with Crippen molar-refractivity contribution in [1.82, 2.24) is 0 Å². The number of benzene rings is 1. The predicted molar refractivity (Wildman–Crippen MR) is 128 cm³/mol. The molecule has 4 aliphatic carbocycles. The van der Waals surface area contributed by atoms with Gasteiger partial charge in [0.05, 0.1) is 0 Å². The van der Waals surface area contributed by atoms with Crippen LogP contribution in [0.5, 0.6) is 5.75 Å². The highest BCUT2D eigenvalue weighted by atomic mass is 32.2. The zero-order chi connectivity index (χ0) is 23.5. The van der Waals surface area contributed by atoms with Gasteiger partial charge in [0, 0.05) is 28.4 Å². The highest BCUT2D eigenvalue weighted by Gasteiger charge is 2.62. The molecule has 0 spiro atoms. The summed E-state index contributed by atoms with van der Waals surface area (Å²) < 4.78 is 48.1. The Labute approximate surface area is 201 Å².